The van der Waals surface area contributed by atoms with E-state index in [1.54, 1.807) is 0 Å². The van der Waals surface area contributed by atoms with Crippen molar-refractivity contribution < 1.29 is 8.42 Å². The lowest BCUT2D eigenvalue weighted by atomic mass is 10.1. The highest BCUT2D eigenvalue weighted by atomic mass is 32.2. The van der Waals surface area contributed by atoms with Gasteiger partial charge in [0.05, 0.1) is 5.75 Å². The van der Waals surface area contributed by atoms with Gasteiger partial charge in [-0.05, 0) is 46.3 Å². The zero-order valence-electron chi connectivity index (χ0n) is 10.6. The molecule has 4 nitrogen and oxygen atoms in total. The summed E-state index contributed by atoms with van der Waals surface area (Å²) >= 11 is 0. The average molecular weight is 248 g/mol. The molecule has 0 bridgehead atoms. The molecule has 0 aliphatic carbocycles. The van der Waals surface area contributed by atoms with E-state index in [9.17, 15) is 8.42 Å². The van der Waals surface area contributed by atoms with Crippen LogP contribution in [0.1, 0.15) is 26.7 Å². The molecule has 0 amide bonds. The standard InChI is InChI=1S/C11H24N2O2S/c1-11(2)10-13(7-4-6-12-11)8-5-9-16(3,14)15/h12H,4-10H2,1-3H3. The molecule has 1 N–H and O–H groups in total. The van der Waals surface area contributed by atoms with E-state index in [4.69, 9.17) is 0 Å². The van der Waals surface area contributed by atoms with Crippen LogP contribution in [-0.2, 0) is 9.84 Å². The molecule has 0 aromatic carbocycles. The van der Waals surface area contributed by atoms with Crippen molar-refractivity contribution in [3.05, 3.63) is 0 Å². The molecule has 0 radical (unpaired) electrons. The highest BCUT2D eigenvalue weighted by Crippen LogP contribution is 2.10. The number of hydrogen-bond acceptors (Lipinski definition) is 4. The maximum atomic E-state index is 11.0. The summed E-state index contributed by atoms with van der Waals surface area (Å²) in [6.07, 6.45) is 3.19. The lowest BCUT2D eigenvalue weighted by Gasteiger charge is -2.29. The molecule has 1 fully saturated rings. The molecule has 1 aliphatic rings. The molecule has 0 atom stereocenters. The Hall–Kier alpha value is -0.130. The lowest BCUT2D eigenvalue weighted by Crippen LogP contribution is -2.46. The monoisotopic (exact) mass is 248 g/mol. The van der Waals surface area contributed by atoms with Gasteiger partial charge in [-0.3, -0.25) is 0 Å². The zero-order valence-corrected chi connectivity index (χ0v) is 11.4. The molecule has 0 saturated carbocycles. The lowest BCUT2D eigenvalue weighted by molar-refractivity contribution is 0.232. The van der Waals surface area contributed by atoms with Crippen molar-refractivity contribution in [1.82, 2.24) is 10.2 Å². The Morgan fingerprint density at radius 3 is 2.69 bits per heavy atom. The van der Waals surface area contributed by atoms with Crippen molar-refractivity contribution in [3.8, 4) is 0 Å². The molecule has 0 unspecified atom stereocenters. The van der Waals surface area contributed by atoms with E-state index in [1.165, 1.54) is 6.26 Å². The fourth-order valence-corrected chi connectivity index (χ4v) is 2.82. The van der Waals surface area contributed by atoms with Gasteiger partial charge < -0.3 is 10.2 Å². The number of nitrogens with zero attached hydrogens (tertiary/aromatic N) is 1. The summed E-state index contributed by atoms with van der Waals surface area (Å²) in [7, 11) is -2.81. The fourth-order valence-electron chi connectivity index (χ4n) is 2.16. The summed E-state index contributed by atoms with van der Waals surface area (Å²) in [5.41, 5.74) is 0.140. The second-order valence-corrected chi connectivity index (χ2v) is 7.68. The predicted molar refractivity (Wildman–Crippen MR) is 67.5 cm³/mol. The van der Waals surface area contributed by atoms with Crippen molar-refractivity contribution in [2.75, 3.05) is 38.2 Å². The quantitative estimate of drug-likeness (QED) is 0.787. The van der Waals surface area contributed by atoms with Gasteiger partial charge in [0.2, 0.25) is 0 Å². The molecule has 0 aromatic rings. The number of sulfone groups is 1. The summed E-state index contributed by atoms with van der Waals surface area (Å²) in [6, 6.07) is 0. The second kappa shape index (κ2) is 5.47. The van der Waals surface area contributed by atoms with E-state index in [2.05, 4.69) is 24.1 Å². The van der Waals surface area contributed by atoms with Crippen LogP contribution in [0.4, 0.5) is 0 Å². The van der Waals surface area contributed by atoms with Crippen molar-refractivity contribution in [1.29, 1.82) is 0 Å². The van der Waals surface area contributed by atoms with Crippen LogP contribution in [0.15, 0.2) is 0 Å². The molecule has 96 valence electrons. The van der Waals surface area contributed by atoms with E-state index >= 15 is 0 Å². The summed E-state index contributed by atoms with van der Waals surface area (Å²) in [5, 5.41) is 3.50. The molecule has 5 heteroatoms. The van der Waals surface area contributed by atoms with E-state index in [-0.39, 0.29) is 5.54 Å². The summed E-state index contributed by atoms with van der Waals surface area (Å²) in [6.45, 7) is 8.40. The fraction of sp³-hybridized carbons (Fsp3) is 1.00. The van der Waals surface area contributed by atoms with Crippen LogP contribution in [-0.4, -0.2) is 57.0 Å². The Kier molecular flexibility index (Phi) is 4.76. The summed E-state index contributed by atoms with van der Waals surface area (Å²) < 4.78 is 22.1. The maximum absolute atomic E-state index is 11.0. The molecule has 0 spiro atoms. The molecule has 0 aromatic heterocycles. The molecule has 1 saturated heterocycles. The van der Waals surface area contributed by atoms with Crippen molar-refractivity contribution in [2.45, 2.75) is 32.2 Å². The Morgan fingerprint density at radius 2 is 2.06 bits per heavy atom. The van der Waals surface area contributed by atoms with E-state index in [0.717, 1.165) is 39.0 Å². The third-order valence-corrected chi connectivity index (χ3v) is 3.89. The molecular weight excluding hydrogens is 224 g/mol. The van der Waals surface area contributed by atoms with Gasteiger partial charge in [0.15, 0.2) is 0 Å². The van der Waals surface area contributed by atoms with Crippen LogP contribution in [0.2, 0.25) is 0 Å². The number of nitrogens with one attached hydrogen (secondary N) is 1. The van der Waals surface area contributed by atoms with Crippen molar-refractivity contribution >= 4 is 9.84 Å². The smallest absolute Gasteiger partial charge is 0.147 e. The second-order valence-electron chi connectivity index (χ2n) is 5.42. The molecular formula is C11H24N2O2S. The van der Waals surface area contributed by atoms with Gasteiger partial charge in [-0.1, -0.05) is 0 Å². The Balaban J connectivity index is 2.36. The first-order valence-electron chi connectivity index (χ1n) is 5.94. The van der Waals surface area contributed by atoms with Crippen molar-refractivity contribution in [3.63, 3.8) is 0 Å². The molecule has 16 heavy (non-hydrogen) atoms. The van der Waals surface area contributed by atoms with Crippen LogP contribution in [0.5, 0.6) is 0 Å². The van der Waals surface area contributed by atoms with Crippen LogP contribution >= 0.6 is 0 Å². The molecule has 1 aliphatic heterocycles. The van der Waals surface area contributed by atoms with Gasteiger partial charge in [-0.25, -0.2) is 8.42 Å². The normalized spacial score (nSPS) is 22.9. The number of rotatable bonds is 4. The minimum Gasteiger partial charge on any atom is -0.310 e. The summed E-state index contributed by atoms with van der Waals surface area (Å²) in [5.74, 6) is 0.303. The van der Waals surface area contributed by atoms with Crippen molar-refractivity contribution in [2.24, 2.45) is 0 Å². The Bertz CT molecular complexity index is 312. The third kappa shape index (κ3) is 5.82. The first-order valence-corrected chi connectivity index (χ1v) is 8.00. The highest BCUT2D eigenvalue weighted by Gasteiger charge is 2.23. The van der Waals surface area contributed by atoms with Gasteiger partial charge in [-0.15, -0.1) is 0 Å². The molecule has 1 rings (SSSR count). The predicted octanol–water partition coefficient (Wildman–Crippen LogP) is 0.495. The zero-order chi connectivity index (χ0) is 12.2. The highest BCUT2D eigenvalue weighted by molar-refractivity contribution is 7.90. The first kappa shape index (κ1) is 13.9. The van der Waals surface area contributed by atoms with E-state index < -0.39 is 9.84 Å². The van der Waals surface area contributed by atoms with Crippen LogP contribution < -0.4 is 5.32 Å². The van der Waals surface area contributed by atoms with Gasteiger partial charge in [0, 0.05) is 18.3 Å². The van der Waals surface area contributed by atoms with E-state index in [1.807, 2.05) is 0 Å². The summed E-state index contributed by atoms with van der Waals surface area (Å²) in [4.78, 5) is 2.37. The number of hydrogen-bond donors (Lipinski definition) is 1. The van der Waals surface area contributed by atoms with Crippen LogP contribution in [0.3, 0.4) is 0 Å². The van der Waals surface area contributed by atoms with Crippen LogP contribution in [0.25, 0.3) is 0 Å². The first-order chi connectivity index (χ1) is 7.29. The van der Waals surface area contributed by atoms with E-state index in [0.29, 0.717) is 5.75 Å². The SMILES string of the molecule is CC1(C)CN(CCCS(C)(=O)=O)CCCN1. The minimum absolute atomic E-state index is 0.140. The Morgan fingerprint density at radius 1 is 1.38 bits per heavy atom. The topological polar surface area (TPSA) is 49.4 Å². The van der Waals surface area contributed by atoms with Gasteiger partial charge in [0.1, 0.15) is 9.84 Å². The van der Waals surface area contributed by atoms with Crippen LogP contribution in [0, 0.1) is 0 Å². The average Bonchev–Trinajstić information content (AvgIpc) is 2.24. The third-order valence-electron chi connectivity index (χ3n) is 2.86. The van der Waals surface area contributed by atoms with Gasteiger partial charge in [0.25, 0.3) is 0 Å². The largest absolute Gasteiger partial charge is 0.310 e. The minimum atomic E-state index is -2.81. The molecule has 1 heterocycles. The Labute approximate surface area is 99.3 Å². The van der Waals surface area contributed by atoms with Gasteiger partial charge in [-0.2, -0.15) is 0 Å². The maximum Gasteiger partial charge on any atom is 0.147 e. The van der Waals surface area contributed by atoms with Gasteiger partial charge >= 0.3 is 0 Å².